The van der Waals surface area contributed by atoms with E-state index in [0.29, 0.717) is 45.9 Å². The van der Waals surface area contributed by atoms with Gasteiger partial charge in [0, 0.05) is 6.42 Å². The molecule has 6 heteroatoms. The van der Waals surface area contributed by atoms with Gasteiger partial charge in [-0.25, -0.2) is 0 Å². The molecule has 0 aliphatic carbocycles. The van der Waals surface area contributed by atoms with E-state index in [4.69, 9.17) is 23.7 Å². The minimum Gasteiger partial charge on any atom is -0.374 e. The highest BCUT2D eigenvalue weighted by atomic mass is 16.6. The van der Waals surface area contributed by atoms with Gasteiger partial charge < -0.3 is 28.5 Å². The monoisotopic (exact) mass is 580 g/mol. The van der Waals surface area contributed by atoms with Crippen molar-refractivity contribution in [2.75, 3.05) is 6.61 Å². The number of carbonyl (C=O) groups excluding carboxylic acids is 1. The minimum atomic E-state index is -0.479. The average Bonchev–Trinajstić information content (AvgIpc) is 3.07. The number of hydrogen-bond acceptors (Lipinski definition) is 6. The molecule has 0 amide bonds. The van der Waals surface area contributed by atoms with E-state index in [-0.39, 0.29) is 6.10 Å². The number of carbonyl (C=O) groups is 1. The molecule has 5 rings (SSSR count). The number of hydrogen-bond donors (Lipinski definition) is 0. The van der Waals surface area contributed by atoms with Crippen LogP contribution in [0.15, 0.2) is 121 Å². The molecule has 4 aromatic rings. The van der Waals surface area contributed by atoms with Crippen molar-refractivity contribution >= 4 is 6.29 Å². The van der Waals surface area contributed by atoms with Crippen molar-refractivity contribution in [2.24, 2.45) is 0 Å². The molecule has 0 N–H and O–H groups in total. The summed E-state index contributed by atoms with van der Waals surface area (Å²) in [5.41, 5.74) is 4.24. The van der Waals surface area contributed by atoms with Crippen LogP contribution < -0.4 is 0 Å². The first-order chi connectivity index (χ1) is 21.3. The van der Waals surface area contributed by atoms with Gasteiger partial charge in [0.05, 0.1) is 39.1 Å². The van der Waals surface area contributed by atoms with Crippen molar-refractivity contribution < 1.29 is 28.5 Å². The third-order valence-corrected chi connectivity index (χ3v) is 7.55. The van der Waals surface area contributed by atoms with Gasteiger partial charge in [0.1, 0.15) is 30.7 Å². The van der Waals surface area contributed by atoms with Crippen LogP contribution in [0, 0.1) is 0 Å². The second-order valence-electron chi connectivity index (χ2n) is 10.7. The normalized spacial score (nSPS) is 21.8. The Morgan fingerprint density at radius 1 is 0.512 bits per heavy atom. The van der Waals surface area contributed by atoms with E-state index in [2.05, 4.69) is 0 Å². The Hall–Kier alpha value is -3.65. The summed E-state index contributed by atoms with van der Waals surface area (Å²) in [5.74, 6) is 0. The van der Waals surface area contributed by atoms with Crippen LogP contribution >= 0.6 is 0 Å². The Morgan fingerprint density at radius 2 is 0.907 bits per heavy atom. The third kappa shape index (κ3) is 9.42. The van der Waals surface area contributed by atoms with E-state index < -0.39 is 24.4 Å². The van der Waals surface area contributed by atoms with Gasteiger partial charge in [-0.15, -0.1) is 0 Å². The standard InChI is InChI=1S/C37H40O6/c38-23-13-22-33-35(40-25-30-16-7-2-8-17-30)37(42-27-32-20-11-4-12-21-32)36(41-26-31-18-9-3-10-19-31)34(43-33)28-39-24-29-14-5-1-6-15-29/h1-12,14-21,23,33-37H,13,22,24-28H2/t33-,34-,35+,36+,37-/m1/s1. The molecule has 0 aromatic heterocycles. The van der Waals surface area contributed by atoms with E-state index in [0.717, 1.165) is 28.5 Å². The van der Waals surface area contributed by atoms with Gasteiger partial charge in [0.2, 0.25) is 0 Å². The van der Waals surface area contributed by atoms with Crippen molar-refractivity contribution in [3.05, 3.63) is 144 Å². The van der Waals surface area contributed by atoms with E-state index >= 15 is 0 Å². The molecule has 224 valence electrons. The Labute approximate surface area is 254 Å². The summed E-state index contributed by atoms with van der Waals surface area (Å²) >= 11 is 0. The number of ether oxygens (including phenoxy) is 5. The fourth-order valence-corrected chi connectivity index (χ4v) is 5.35. The van der Waals surface area contributed by atoms with Crippen molar-refractivity contribution in [3.8, 4) is 0 Å². The second-order valence-corrected chi connectivity index (χ2v) is 10.7. The fraction of sp³-hybridized carbons (Fsp3) is 0.324. The molecule has 0 spiro atoms. The molecule has 1 heterocycles. The van der Waals surface area contributed by atoms with Crippen molar-refractivity contribution in [2.45, 2.75) is 69.8 Å². The lowest BCUT2D eigenvalue weighted by Gasteiger charge is -2.46. The summed E-state index contributed by atoms with van der Waals surface area (Å²) < 4.78 is 32.8. The highest BCUT2D eigenvalue weighted by Crippen LogP contribution is 2.32. The predicted molar refractivity (Wildman–Crippen MR) is 165 cm³/mol. The van der Waals surface area contributed by atoms with Crippen molar-refractivity contribution in [3.63, 3.8) is 0 Å². The maximum atomic E-state index is 11.5. The topological polar surface area (TPSA) is 63.2 Å². The van der Waals surface area contributed by atoms with Crippen LogP contribution in [0.4, 0.5) is 0 Å². The molecule has 0 saturated carbocycles. The van der Waals surface area contributed by atoms with E-state index in [1.54, 1.807) is 0 Å². The summed E-state index contributed by atoms with van der Waals surface area (Å²) in [6.07, 6.45) is -0.427. The van der Waals surface area contributed by atoms with Gasteiger partial charge >= 0.3 is 0 Å². The second kappa shape index (κ2) is 16.8. The van der Waals surface area contributed by atoms with E-state index in [9.17, 15) is 4.79 Å². The molecular formula is C37H40O6. The maximum Gasteiger partial charge on any atom is 0.120 e. The first-order valence-corrected chi connectivity index (χ1v) is 15.0. The zero-order valence-corrected chi connectivity index (χ0v) is 24.4. The molecule has 1 fully saturated rings. The quantitative estimate of drug-likeness (QED) is 0.137. The molecule has 5 atom stereocenters. The lowest BCUT2D eigenvalue weighted by molar-refractivity contribution is -0.273. The largest absolute Gasteiger partial charge is 0.374 e. The third-order valence-electron chi connectivity index (χ3n) is 7.55. The average molecular weight is 581 g/mol. The first-order valence-electron chi connectivity index (χ1n) is 15.0. The van der Waals surface area contributed by atoms with E-state index in [1.165, 1.54) is 0 Å². The Morgan fingerprint density at radius 3 is 1.35 bits per heavy atom. The van der Waals surface area contributed by atoms with Gasteiger partial charge in [-0.05, 0) is 28.7 Å². The number of aldehydes is 1. The fourth-order valence-electron chi connectivity index (χ4n) is 5.35. The summed E-state index contributed by atoms with van der Waals surface area (Å²) in [6, 6.07) is 40.3. The zero-order valence-electron chi connectivity index (χ0n) is 24.4. The molecule has 0 radical (unpaired) electrons. The van der Waals surface area contributed by atoms with Crippen molar-refractivity contribution in [1.29, 1.82) is 0 Å². The molecule has 4 aromatic carbocycles. The summed E-state index contributed by atoms with van der Waals surface area (Å²) in [5, 5.41) is 0. The molecule has 1 aliphatic heterocycles. The lowest BCUT2D eigenvalue weighted by atomic mass is 9.92. The lowest BCUT2D eigenvalue weighted by Crippen LogP contribution is -2.61. The van der Waals surface area contributed by atoms with Gasteiger partial charge in [-0.1, -0.05) is 121 Å². The van der Waals surface area contributed by atoms with Crippen LogP contribution in [0.25, 0.3) is 0 Å². The molecule has 1 aliphatic rings. The molecule has 0 bridgehead atoms. The Kier molecular flexibility index (Phi) is 12.1. The van der Waals surface area contributed by atoms with Gasteiger partial charge in [0.25, 0.3) is 0 Å². The van der Waals surface area contributed by atoms with Gasteiger partial charge in [-0.3, -0.25) is 0 Å². The number of benzene rings is 4. The molecule has 43 heavy (non-hydrogen) atoms. The summed E-state index contributed by atoms with van der Waals surface area (Å²) in [7, 11) is 0. The minimum absolute atomic E-state index is 0.308. The summed E-state index contributed by atoms with van der Waals surface area (Å²) in [6.45, 7) is 1.93. The van der Waals surface area contributed by atoms with Crippen LogP contribution in [-0.4, -0.2) is 43.4 Å². The SMILES string of the molecule is O=CCC[C@H]1O[C@H](COCc2ccccc2)[C@H](OCc2ccccc2)[C@H](OCc2ccccc2)[C@H]1OCc1ccccc1. The number of rotatable bonds is 16. The molecular weight excluding hydrogens is 540 g/mol. The molecule has 6 nitrogen and oxygen atoms in total. The molecule has 0 unspecified atom stereocenters. The molecule has 1 saturated heterocycles. The zero-order chi connectivity index (χ0) is 29.5. The highest BCUT2D eigenvalue weighted by Gasteiger charge is 2.48. The van der Waals surface area contributed by atoms with Gasteiger partial charge in [0.15, 0.2) is 0 Å². The first kappa shape index (κ1) is 30.8. The Bertz CT molecular complexity index is 1320. The predicted octanol–water partition coefficient (Wildman–Crippen LogP) is 6.71. The Balaban J connectivity index is 1.41. The smallest absolute Gasteiger partial charge is 0.120 e. The van der Waals surface area contributed by atoms with Crippen LogP contribution in [0.1, 0.15) is 35.1 Å². The van der Waals surface area contributed by atoms with Gasteiger partial charge in [-0.2, -0.15) is 0 Å². The van der Waals surface area contributed by atoms with Crippen LogP contribution in [0.2, 0.25) is 0 Å². The highest BCUT2D eigenvalue weighted by molar-refractivity contribution is 5.49. The van der Waals surface area contributed by atoms with Crippen LogP contribution in [0.5, 0.6) is 0 Å². The van der Waals surface area contributed by atoms with Crippen LogP contribution in [-0.2, 0) is 54.9 Å². The van der Waals surface area contributed by atoms with E-state index in [1.807, 2.05) is 121 Å². The van der Waals surface area contributed by atoms with Crippen LogP contribution in [0.3, 0.4) is 0 Å². The van der Waals surface area contributed by atoms with Crippen molar-refractivity contribution in [1.82, 2.24) is 0 Å². The maximum absolute atomic E-state index is 11.5. The summed E-state index contributed by atoms with van der Waals surface area (Å²) in [4.78, 5) is 11.5.